The van der Waals surface area contributed by atoms with Crippen LogP contribution in [-0.2, 0) is 35.7 Å². The normalized spacial score (nSPS) is 15.8. The Morgan fingerprint density at radius 1 is 0.929 bits per heavy atom. The van der Waals surface area contributed by atoms with Gasteiger partial charge in [-0.2, -0.15) is 0 Å². The molecule has 0 amide bonds. The number of aliphatic hydroxyl groups is 1. The molecule has 1 saturated heterocycles. The second-order valence-electron chi connectivity index (χ2n) is 7.71. The predicted octanol–water partition coefficient (Wildman–Crippen LogP) is 3.80. The van der Waals surface area contributed by atoms with Gasteiger partial charge in [0.25, 0.3) is 0 Å². The van der Waals surface area contributed by atoms with Crippen molar-refractivity contribution in [2.45, 2.75) is 39.0 Å². The van der Waals surface area contributed by atoms with E-state index < -0.39 is 0 Å². The minimum Gasteiger partial charge on any atom is -0.392 e. The summed E-state index contributed by atoms with van der Waals surface area (Å²) in [6.45, 7) is 5.37. The number of hydrogen-bond acceptors (Lipinski definition) is 4. The number of nitrogens with zero attached hydrogens (tertiary/aromatic N) is 1. The molecule has 0 aliphatic carbocycles. The summed E-state index contributed by atoms with van der Waals surface area (Å²) in [5, 5.41) is 9.52. The van der Waals surface area contributed by atoms with E-state index in [9.17, 15) is 5.11 Å². The molecule has 0 bridgehead atoms. The maximum absolute atomic E-state index is 9.52. The van der Waals surface area contributed by atoms with Gasteiger partial charge < -0.3 is 14.6 Å². The van der Waals surface area contributed by atoms with Crippen LogP contribution in [0.4, 0.5) is 0 Å². The van der Waals surface area contributed by atoms with E-state index in [0.717, 1.165) is 37.5 Å². The highest BCUT2D eigenvalue weighted by Gasteiger charge is 2.20. The summed E-state index contributed by atoms with van der Waals surface area (Å²) in [6.07, 6.45) is 3.54. The molecular formula is C24H33NO3. The highest BCUT2D eigenvalue weighted by atomic mass is 16.5. The topological polar surface area (TPSA) is 41.9 Å². The average Bonchev–Trinajstić information content (AvgIpc) is 2.74. The first kappa shape index (κ1) is 21.0. The van der Waals surface area contributed by atoms with Gasteiger partial charge in [0.05, 0.1) is 26.4 Å². The van der Waals surface area contributed by atoms with Crippen LogP contribution in [0.1, 0.15) is 35.1 Å². The number of piperidine rings is 1. The Morgan fingerprint density at radius 2 is 1.61 bits per heavy atom. The molecule has 2 aromatic carbocycles. The molecule has 0 unspecified atom stereocenters. The van der Waals surface area contributed by atoms with E-state index in [1.54, 1.807) is 7.11 Å². The fraction of sp³-hybridized carbons (Fsp3) is 0.500. The van der Waals surface area contributed by atoms with Crippen LogP contribution in [0.25, 0.3) is 0 Å². The van der Waals surface area contributed by atoms with Gasteiger partial charge in [-0.25, -0.2) is 0 Å². The van der Waals surface area contributed by atoms with Gasteiger partial charge >= 0.3 is 0 Å². The number of methoxy groups -OCH3 is 1. The largest absolute Gasteiger partial charge is 0.392 e. The zero-order chi connectivity index (χ0) is 19.6. The van der Waals surface area contributed by atoms with E-state index in [1.165, 1.54) is 29.5 Å². The van der Waals surface area contributed by atoms with Gasteiger partial charge in [0, 0.05) is 13.7 Å². The summed E-state index contributed by atoms with van der Waals surface area (Å²) in [7, 11) is 1.69. The quantitative estimate of drug-likeness (QED) is 0.634. The van der Waals surface area contributed by atoms with Crippen LogP contribution in [0.2, 0.25) is 0 Å². The molecule has 2 aromatic rings. The molecule has 4 heteroatoms. The molecule has 0 radical (unpaired) electrons. The Bertz CT molecular complexity index is 693. The van der Waals surface area contributed by atoms with Crippen molar-refractivity contribution in [1.82, 2.24) is 4.90 Å². The monoisotopic (exact) mass is 383 g/mol. The van der Waals surface area contributed by atoms with Crippen molar-refractivity contribution < 1.29 is 14.6 Å². The summed E-state index contributed by atoms with van der Waals surface area (Å²) in [6, 6.07) is 17.1. The van der Waals surface area contributed by atoms with Crippen LogP contribution >= 0.6 is 0 Å². The molecule has 28 heavy (non-hydrogen) atoms. The third-order valence-electron chi connectivity index (χ3n) is 5.63. The lowest BCUT2D eigenvalue weighted by molar-refractivity contribution is 0.0616. The second kappa shape index (κ2) is 11.3. The van der Waals surface area contributed by atoms with Gasteiger partial charge in [0.1, 0.15) is 0 Å². The molecule has 4 nitrogen and oxygen atoms in total. The Balaban J connectivity index is 1.41. The van der Waals surface area contributed by atoms with Crippen molar-refractivity contribution >= 4 is 0 Å². The SMILES string of the molecule is COCCOCc1ccc(CN2CCC(Cc3ccccc3CO)CC2)cc1. The Morgan fingerprint density at radius 3 is 2.29 bits per heavy atom. The first-order chi connectivity index (χ1) is 13.8. The molecule has 1 heterocycles. The van der Waals surface area contributed by atoms with Gasteiger partial charge in [-0.3, -0.25) is 4.90 Å². The standard InChI is InChI=1S/C24H33NO3/c1-27-14-15-28-19-22-8-6-21(7-9-22)17-25-12-10-20(11-13-25)16-23-4-2-3-5-24(23)18-26/h2-9,20,26H,10-19H2,1H3. The van der Waals surface area contributed by atoms with Crippen molar-refractivity contribution in [3.05, 3.63) is 70.8 Å². The lowest BCUT2D eigenvalue weighted by Crippen LogP contribution is -2.33. The van der Waals surface area contributed by atoms with Crippen LogP contribution in [-0.4, -0.2) is 43.4 Å². The predicted molar refractivity (Wildman–Crippen MR) is 112 cm³/mol. The van der Waals surface area contributed by atoms with Crippen molar-refractivity contribution in [3.8, 4) is 0 Å². The van der Waals surface area contributed by atoms with Crippen LogP contribution in [0.5, 0.6) is 0 Å². The second-order valence-corrected chi connectivity index (χ2v) is 7.71. The van der Waals surface area contributed by atoms with Gasteiger partial charge in [0.2, 0.25) is 0 Å². The molecule has 1 aliphatic rings. The van der Waals surface area contributed by atoms with E-state index in [4.69, 9.17) is 9.47 Å². The number of aliphatic hydroxyl groups excluding tert-OH is 1. The first-order valence-electron chi connectivity index (χ1n) is 10.3. The molecule has 1 fully saturated rings. The highest BCUT2D eigenvalue weighted by molar-refractivity contribution is 5.27. The Labute approximate surface area is 169 Å². The first-order valence-corrected chi connectivity index (χ1v) is 10.3. The number of likely N-dealkylation sites (tertiary alicyclic amines) is 1. The molecule has 0 spiro atoms. The van der Waals surface area contributed by atoms with Crippen LogP contribution in [0.15, 0.2) is 48.5 Å². The van der Waals surface area contributed by atoms with Crippen molar-refractivity contribution in [2.75, 3.05) is 33.4 Å². The zero-order valence-electron chi connectivity index (χ0n) is 17.0. The van der Waals surface area contributed by atoms with Crippen LogP contribution in [0, 0.1) is 5.92 Å². The molecule has 0 atom stereocenters. The number of ether oxygens (including phenoxy) is 2. The molecule has 0 saturated carbocycles. The third kappa shape index (κ3) is 6.42. The Kier molecular flexibility index (Phi) is 8.49. The van der Waals surface area contributed by atoms with Gasteiger partial charge in [-0.15, -0.1) is 0 Å². The van der Waals surface area contributed by atoms with E-state index in [-0.39, 0.29) is 6.61 Å². The maximum atomic E-state index is 9.52. The fourth-order valence-corrected chi connectivity index (χ4v) is 3.90. The molecule has 0 aromatic heterocycles. The summed E-state index contributed by atoms with van der Waals surface area (Å²) in [5.41, 5.74) is 4.97. The lowest BCUT2D eigenvalue weighted by atomic mass is 9.88. The van der Waals surface area contributed by atoms with Crippen LogP contribution in [0.3, 0.4) is 0 Å². The maximum Gasteiger partial charge on any atom is 0.0718 e. The number of hydrogen-bond donors (Lipinski definition) is 1. The molecule has 1 aliphatic heterocycles. The molecule has 1 N–H and O–H groups in total. The minimum absolute atomic E-state index is 0.141. The summed E-state index contributed by atoms with van der Waals surface area (Å²) >= 11 is 0. The minimum atomic E-state index is 0.141. The zero-order valence-corrected chi connectivity index (χ0v) is 17.0. The fourth-order valence-electron chi connectivity index (χ4n) is 3.90. The van der Waals surface area contributed by atoms with E-state index in [1.807, 2.05) is 12.1 Å². The molecule has 3 rings (SSSR count). The summed E-state index contributed by atoms with van der Waals surface area (Å²) in [4.78, 5) is 2.55. The molecule has 152 valence electrons. The third-order valence-corrected chi connectivity index (χ3v) is 5.63. The van der Waals surface area contributed by atoms with Gasteiger partial charge in [-0.1, -0.05) is 48.5 Å². The smallest absolute Gasteiger partial charge is 0.0718 e. The van der Waals surface area contributed by atoms with E-state index in [2.05, 4.69) is 41.3 Å². The van der Waals surface area contributed by atoms with E-state index >= 15 is 0 Å². The highest BCUT2D eigenvalue weighted by Crippen LogP contribution is 2.24. The summed E-state index contributed by atoms with van der Waals surface area (Å²) in [5.74, 6) is 0.718. The number of benzene rings is 2. The lowest BCUT2D eigenvalue weighted by Gasteiger charge is -2.32. The Hall–Kier alpha value is -1.72. The number of rotatable bonds is 10. The van der Waals surface area contributed by atoms with E-state index in [0.29, 0.717) is 19.8 Å². The summed E-state index contributed by atoms with van der Waals surface area (Å²) < 4.78 is 10.6. The molecular weight excluding hydrogens is 350 g/mol. The van der Waals surface area contributed by atoms with Gasteiger partial charge in [0.15, 0.2) is 0 Å². The van der Waals surface area contributed by atoms with Crippen molar-refractivity contribution in [3.63, 3.8) is 0 Å². The van der Waals surface area contributed by atoms with Crippen molar-refractivity contribution in [2.24, 2.45) is 5.92 Å². The average molecular weight is 384 g/mol. The van der Waals surface area contributed by atoms with Crippen molar-refractivity contribution in [1.29, 1.82) is 0 Å². The van der Waals surface area contributed by atoms with Gasteiger partial charge in [-0.05, 0) is 60.5 Å². The van der Waals surface area contributed by atoms with Crippen LogP contribution < -0.4 is 0 Å².